The number of ketones is 1. The van der Waals surface area contributed by atoms with Crippen LogP contribution in [-0.4, -0.2) is 17.2 Å². The first-order valence-electron chi connectivity index (χ1n) is 8.80. The lowest BCUT2D eigenvalue weighted by Crippen LogP contribution is -2.36. The standard InChI is InChI=1S/C21H17F3N2O/c22-21(23,24)16-8-4-7-14(9-16)18-12-17-19(26-25-18)10-15(11-20(17)27)13-5-2-1-3-6-13/h1-9,15,17H,10-12H2. The van der Waals surface area contributed by atoms with Gasteiger partial charge in [-0.1, -0.05) is 42.5 Å². The predicted octanol–water partition coefficient (Wildman–Crippen LogP) is 5.02. The lowest BCUT2D eigenvalue weighted by Gasteiger charge is -2.31. The molecule has 0 N–H and O–H groups in total. The van der Waals surface area contributed by atoms with Crippen molar-refractivity contribution in [2.24, 2.45) is 16.1 Å². The number of halogens is 3. The molecule has 0 saturated heterocycles. The smallest absolute Gasteiger partial charge is 0.299 e. The number of carbonyl (C=O) groups excluding carboxylic acids is 1. The van der Waals surface area contributed by atoms with E-state index in [4.69, 9.17) is 0 Å². The molecule has 27 heavy (non-hydrogen) atoms. The quantitative estimate of drug-likeness (QED) is 0.732. The molecule has 2 unspecified atom stereocenters. The average molecular weight is 370 g/mol. The Morgan fingerprint density at radius 2 is 1.67 bits per heavy atom. The van der Waals surface area contributed by atoms with Gasteiger partial charge < -0.3 is 0 Å². The summed E-state index contributed by atoms with van der Waals surface area (Å²) in [5.41, 5.74) is 1.90. The van der Waals surface area contributed by atoms with Gasteiger partial charge in [-0.3, -0.25) is 4.79 Å². The molecule has 0 spiro atoms. The van der Waals surface area contributed by atoms with Crippen LogP contribution < -0.4 is 0 Å². The lowest BCUT2D eigenvalue weighted by atomic mass is 9.74. The second-order valence-electron chi connectivity index (χ2n) is 6.96. The zero-order valence-electron chi connectivity index (χ0n) is 14.4. The van der Waals surface area contributed by atoms with E-state index in [0.717, 1.165) is 23.4 Å². The molecule has 6 heteroatoms. The van der Waals surface area contributed by atoms with E-state index < -0.39 is 11.7 Å². The highest BCUT2D eigenvalue weighted by atomic mass is 19.4. The fraction of sp³-hybridized carbons (Fsp3) is 0.286. The highest BCUT2D eigenvalue weighted by molar-refractivity contribution is 6.15. The highest BCUT2D eigenvalue weighted by Crippen LogP contribution is 2.36. The Kier molecular flexibility index (Phi) is 4.42. The van der Waals surface area contributed by atoms with Gasteiger partial charge in [-0.15, -0.1) is 0 Å². The molecule has 1 fully saturated rings. The summed E-state index contributed by atoms with van der Waals surface area (Å²) in [6.45, 7) is 0. The molecule has 4 rings (SSSR count). The number of rotatable bonds is 2. The van der Waals surface area contributed by atoms with Crippen molar-refractivity contribution in [3.05, 3.63) is 71.3 Å². The van der Waals surface area contributed by atoms with Crippen LogP contribution >= 0.6 is 0 Å². The van der Waals surface area contributed by atoms with Crippen molar-refractivity contribution >= 4 is 17.2 Å². The Hall–Kier alpha value is -2.76. The number of carbonyl (C=O) groups is 1. The van der Waals surface area contributed by atoms with Crippen LogP contribution in [0.1, 0.15) is 41.9 Å². The highest BCUT2D eigenvalue weighted by Gasteiger charge is 2.37. The first kappa shape index (κ1) is 17.6. The molecule has 1 aliphatic heterocycles. The molecule has 2 atom stereocenters. The minimum absolute atomic E-state index is 0.0771. The lowest BCUT2D eigenvalue weighted by molar-refractivity contribution is -0.137. The molecule has 0 aromatic heterocycles. The summed E-state index contributed by atoms with van der Waals surface area (Å²) in [6.07, 6.45) is -3.03. The third-order valence-corrected chi connectivity index (χ3v) is 5.18. The van der Waals surface area contributed by atoms with Crippen molar-refractivity contribution in [3.63, 3.8) is 0 Å². The molecule has 0 bridgehead atoms. The summed E-state index contributed by atoms with van der Waals surface area (Å²) in [5.74, 6) is -0.223. The third kappa shape index (κ3) is 3.56. The molecule has 2 aromatic rings. The monoisotopic (exact) mass is 370 g/mol. The van der Waals surface area contributed by atoms with Crippen molar-refractivity contribution in [1.82, 2.24) is 0 Å². The summed E-state index contributed by atoms with van der Waals surface area (Å²) in [4.78, 5) is 12.7. The van der Waals surface area contributed by atoms with Crippen LogP contribution in [0, 0.1) is 5.92 Å². The van der Waals surface area contributed by atoms with Gasteiger partial charge in [0.15, 0.2) is 0 Å². The van der Waals surface area contributed by atoms with Gasteiger partial charge in [0.05, 0.1) is 22.9 Å². The molecule has 0 amide bonds. The van der Waals surface area contributed by atoms with Crippen LogP contribution in [0.4, 0.5) is 13.2 Å². The molecular formula is C21H17F3N2O. The number of hydrogen-bond donors (Lipinski definition) is 0. The van der Waals surface area contributed by atoms with Crippen LogP contribution in [-0.2, 0) is 11.0 Å². The molecule has 0 radical (unpaired) electrons. The maximum absolute atomic E-state index is 12.9. The maximum atomic E-state index is 12.9. The van der Waals surface area contributed by atoms with E-state index in [2.05, 4.69) is 10.2 Å². The molecule has 1 aliphatic carbocycles. The zero-order chi connectivity index (χ0) is 19.0. The van der Waals surface area contributed by atoms with Gasteiger partial charge in [-0.05, 0) is 35.6 Å². The van der Waals surface area contributed by atoms with Crippen LogP contribution in [0.5, 0.6) is 0 Å². The van der Waals surface area contributed by atoms with Gasteiger partial charge in [-0.25, -0.2) is 0 Å². The van der Waals surface area contributed by atoms with E-state index in [9.17, 15) is 18.0 Å². The van der Waals surface area contributed by atoms with Crippen molar-refractivity contribution in [1.29, 1.82) is 0 Å². The Bertz CT molecular complexity index is 932. The van der Waals surface area contributed by atoms with Crippen molar-refractivity contribution in [2.45, 2.75) is 31.4 Å². The van der Waals surface area contributed by atoms with Crippen LogP contribution in [0.25, 0.3) is 0 Å². The molecule has 2 aromatic carbocycles. The first-order valence-corrected chi connectivity index (χ1v) is 8.80. The fourth-order valence-electron chi connectivity index (χ4n) is 3.75. The number of benzene rings is 2. The topological polar surface area (TPSA) is 41.8 Å². The summed E-state index contributed by atoms with van der Waals surface area (Å²) in [6, 6.07) is 14.8. The molecular weight excluding hydrogens is 353 g/mol. The minimum atomic E-state index is -4.41. The number of alkyl halides is 3. The molecule has 3 nitrogen and oxygen atoms in total. The van der Waals surface area contributed by atoms with Crippen molar-refractivity contribution < 1.29 is 18.0 Å². The second-order valence-corrected chi connectivity index (χ2v) is 6.96. The van der Waals surface area contributed by atoms with E-state index in [1.807, 2.05) is 30.3 Å². The van der Waals surface area contributed by atoms with Gasteiger partial charge in [0.1, 0.15) is 5.78 Å². The number of hydrogen-bond acceptors (Lipinski definition) is 3. The van der Waals surface area contributed by atoms with Crippen molar-refractivity contribution in [3.8, 4) is 0 Å². The maximum Gasteiger partial charge on any atom is 0.416 e. The Morgan fingerprint density at radius 1 is 0.889 bits per heavy atom. The van der Waals surface area contributed by atoms with Crippen LogP contribution in [0.2, 0.25) is 0 Å². The van der Waals surface area contributed by atoms with Gasteiger partial charge in [0.2, 0.25) is 0 Å². The predicted molar refractivity (Wildman–Crippen MR) is 96.9 cm³/mol. The zero-order valence-corrected chi connectivity index (χ0v) is 14.4. The Labute approximate surface area is 154 Å². The van der Waals surface area contributed by atoms with Crippen LogP contribution in [0.15, 0.2) is 64.8 Å². The van der Waals surface area contributed by atoms with E-state index in [-0.39, 0.29) is 17.6 Å². The molecule has 1 heterocycles. The van der Waals surface area contributed by atoms with Gasteiger partial charge in [-0.2, -0.15) is 23.4 Å². The van der Waals surface area contributed by atoms with Crippen molar-refractivity contribution in [2.75, 3.05) is 0 Å². The molecule has 138 valence electrons. The average Bonchev–Trinajstić information content (AvgIpc) is 2.68. The van der Waals surface area contributed by atoms with Gasteiger partial charge in [0.25, 0.3) is 0 Å². The van der Waals surface area contributed by atoms with Gasteiger partial charge >= 0.3 is 6.18 Å². The van der Waals surface area contributed by atoms with E-state index >= 15 is 0 Å². The number of fused-ring (bicyclic) bond motifs is 1. The number of Topliss-reactive ketones (excluding diaryl/α,β-unsaturated/α-hetero) is 1. The fourth-order valence-corrected chi connectivity index (χ4v) is 3.75. The van der Waals surface area contributed by atoms with E-state index in [0.29, 0.717) is 30.5 Å². The molecule has 1 saturated carbocycles. The largest absolute Gasteiger partial charge is 0.416 e. The van der Waals surface area contributed by atoms with E-state index in [1.54, 1.807) is 6.07 Å². The summed E-state index contributed by atoms with van der Waals surface area (Å²) in [5, 5.41) is 8.38. The number of nitrogens with zero attached hydrogens (tertiary/aromatic N) is 2. The van der Waals surface area contributed by atoms with Gasteiger partial charge in [0, 0.05) is 12.8 Å². The van der Waals surface area contributed by atoms with Crippen LogP contribution in [0.3, 0.4) is 0 Å². The summed E-state index contributed by atoms with van der Waals surface area (Å²) < 4.78 is 38.8. The summed E-state index contributed by atoms with van der Waals surface area (Å²) in [7, 11) is 0. The molecule has 2 aliphatic rings. The third-order valence-electron chi connectivity index (χ3n) is 5.18. The van der Waals surface area contributed by atoms with E-state index in [1.165, 1.54) is 6.07 Å². The normalized spacial score (nSPS) is 22.7. The Balaban J connectivity index is 1.61. The summed E-state index contributed by atoms with van der Waals surface area (Å²) >= 11 is 0. The first-order chi connectivity index (χ1) is 12.9. The minimum Gasteiger partial charge on any atom is -0.299 e. The second kappa shape index (κ2) is 6.76. The Morgan fingerprint density at radius 3 is 2.41 bits per heavy atom. The SMILES string of the molecule is O=C1CC(c2ccccc2)CC2=NN=C(c3cccc(C(F)(F)F)c3)CC12.